The number of carbonyl (C=O) groups excluding carboxylic acids is 2. The van der Waals surface area contributed by atoms with Crippen LogP contribution in [-0.2, 0) is 9.59 Å². The molecule has 0 spiro atoms. The fourth-order valence-corrected chi connectivity index (χ4v) is 4.51. The number of rotatable bonds is 4. The van der Waals surface area contributed by atoms with Gasteiger partial charge in [0.1, 0.15) is 11.6 Å². The average molecular weight is 410 g/mol. The number of hydrogen-bond donors (Lipinski definition) is 0. The summed E-state index contributed by atoms with van der Waals surface area (Å²) in [5.74, 6) is 0.306. The number of ether oxygens (including phenoxy) is 1. The van der Waals surface area contributed by atoms with Crippen LogP contribution < -0.4 is 9.64 Å². The van der Waals surface area contributed by atoms with Crippen LogP contribution in [-0.4, -0.2) is 43.5 Å². The van der Waals surface area contributed by atoms with Gasteiger partial charge in [-0.3, -0.25) is 9.59 Å². The Balaban J connectivity index is 1.46. The summed E-state index contributed by atoms with van der Waals surface area (Å²) in [5, 5.41) is 0. The monoisotopic (exact) mass is 410 g/mol. The number of methoxy groups -OCH3 is 1. The van der Waals surface area contributed by atoms with E-state index >= 15 is 0 Å². The van der Waals surface area contributed by atoms with Crippen LogP contribution in [0.5, 0.6) is 5.75 Å². The lowest BCUT2D eigenvalue weighted by molar-refractivity contribution is -0.135. The van der Waals surface area contributed by atoms with E-state index in [0.29, 0.717) is 25.4 Å². The Morgan fingerprint density at radius 2 is 1.90 bits per heavy atom. The second kappa shape index (κ2) is 8.86. The molecule has 6 heteroatoms. The molecule has 0 unspecified atom stereocenters. The van der Waals surface area contributed by atoms with E-state index in [1.807, 2.05) is 41.3 Å². The highest BCUT2D eigenvalue weighted by Crippen LogP contribution is 2.31. The zero-order chi connectivity index (χ0) is 21.1. The van der Waals surface area contributed by atoms with Crippen molar-refractivity contribution in [2.75, 3.05) is 31.6 Å². The molecule has 0 aromatic heterocycles. The Hall–Kier alpha value is -2.89. The molecule has 4 rings (SSSR count). The van der Waals surface area contributed by atoms with Crippen LogP contribution in [0.1, 0.15) is 37.2 Å². The van der Waals surface area contributed by atoms with E-state index in [-0.39, 0.29) is 35.9 Å². The molecule has 2 fully saturated rings. The molecule has 0 aliphatic carbocycles. The molecule has 2 aliphatic heterocycles. The number of hydrogen-bond acceptors (Lipinski definition) is 3. The Morgan fingerprint density at radius 3 is 2.67 bits per heavy atom. The van der Waals surface area contributed by atoms with Crippen LogP contribution in [0.3, 0.4) is 0 Å². The zero-order valence-corrected chi connectivity index (χ0v) is 17.2. The fourth-order valence-electron chi connectivity index (χ4n) is 4.51. The van der Waals surface area contributed by atoms with Gasteiger partial charge in [0.2, 0.25) is 11.8 Å². The number of nitrogens with zero attached hydrogens (tertiary/aromatic N) is 2. The standard InChI is InChI=1S/C24H27FN2O3/c1-30-22-7-4-6-21(14-22)27-16-19(13-23(27)28)24(29)26-12-3-2-5-18(15-26)17-8-10-20(25)11-9-17/h4,6-11,14,18-19H,2-3,5,12-13,15-16H2,1H3/t18-,19-/m0/s1. The molecule has 2 saturated heterocycles. The normalized spacial score (nSPS) is 22.1. The maximum atomic E-state index is 13.3. The molecule has 5 nitrogen and oxygen atoms in total. The van der Waals surface area contributed by atoms with Crippen molar-refractivity contribution in [1.29, 1.82) is 0 Å². The summed E-state index contributed by atoms with van der Waals surface area (Å²) < 4.78 is 18.6. The summed E-state index contributed by atoms with van der Waals surface area (Å²) in [6.45, 7) is 1.72. The topological polar surface area (TPSA) is 49.9 Å². The smallest absolute Gasteiger partial charge is 0.228 e. The highest BCUT2D eigenvalue weighted by atomic mass is 19.1. The van der Waals surface area contributed by atoms with Gasteiger partial charge >= 0.3 is 0 Å². The maximum absolute atomic E-state index is 13.3. The van der Waals surface area contributed by atoms with E-state index in [1.165, 1.54) is 12.1 Å². The molecule has 30 heavy (non-hydrogen) atoms. The molecular weight excluding hydrogens is 383 g/mol. The maximum Gasteiger partial charge on any atom is 0.228 e. The molecule has 2 atom stereocenters. The summed E-state index contributed by atoms with van der Waals surface area (Å²) in [6.07, 6.45) is 3.19. The predicted octanol–water partition coefficient (Wildman–Crippen LogP) is 3.98. The molecule has 2 aliphatic rings. The molecule has 0 saturated carbocycles. The molecular formula is C24H27FN2O3. The quantitative estimate of drug-likeness (QED) is 0.766. The van der Waals surface area contributed by atoms with Crippen LogP contribution in [0.2, 0.25) is 0 Å². The number of carbonyl (C=O) groups is 2. The second-order valence-electron chi connectivity index (χ2n) is 8.14. The van der Waals surface area contributed by atoms with Gasteiger partial charge in [0.05, 0.1) is 13.0 Å². The highest BCUT2D eigenvalue weighted by molar-refractivity contribution is 6.00. The minimum Gasteiger partial charge on any atom is -0.497 e. The minimum absolute atomic E-state index is 0.0356. The van der Waals surface area contributed by atoms with Crippen LogP contribution in [0.25, 0.3) is 0 Å². The lowest BCUT2D eigenvalue weighted by Gasteiger charge is -2.27. The van der Waals surface area contributed by atoms with Crippen molar-refractivity contribution in [2.24, 2.45) is 5.92 Å². The molecule has 2 amide bonds. The van der Waals surface area contributed by atoms with Gasteiger partial charge in [0.25, 0.3) is 0 Å². The van der Waals surface area contributed by atoms with E-state index in [0.717, 1.165) is 30.5 Å². The number of likely N-dealkylation sites (tertiary alicyclic amines) is 1. The van der Waals surface area contributed by atoms with Crippen molar-refractivity contribution in [3.05, 3.63) is 59.9 Å². The van der Waals surface area contributed by atoms with E-state index in [2.05, 4.69) is 0 Å². The molecule has 2 aromatic rings. The van der Waals surface area contributed by atoms with Gasteiger partial charge in [-0.1, -0.05) is 24.6 Å². The van der Waals surface area contributed by atoms with Gasteiger partial charge in [-0.15, -0.1) is 0 Å². The number of benzene rings is 2. The van der Waals surface area contributed by atoms with Crippen molar-refractivity contribution in [3.8, 4) is 5.75 Å². The highest BCUT2D eigenvalue weighted by Gasteiger charge is 2.38. The van der Waals surface area contributed by atoms with E-state index in [4.69, 9.17) is 4.74 Å². The molecule has 2 heterocycles. The molecule has 0 N–H and O–H groups in total. The number of halogens is 1. The van der Waals surface area contributed by atoms with Gasteiger partial charge in [-0.2, -0.15) is 0 Å². The van der Waals surface area contributed by atoms with E-state index < -0.39 is 0 Å². The van der Waals surface area contributed by atoms with Crippen molar-refractivity contribution < 1.29 is 18.7 Å². The average Bonchev–Trinajstić information content (AvgIpc) is 2.99. The first-order valence-electron chi connectivity index (χ1n) is 10.5. The van der Waals surface area contributed by atoms with Gasteiger partial charge in [-0.25, -0.2) is 4.39 Å². The van der Waals surface area contributed by atoms with Crippen molar-refractivity contribution >= 4 is 17.5 Å². The third-order valence-corrected chi connectivity index (χ3v) is 6.16. The second-order valence-corrected chi connectivity index (χ2v) is 8.14. The third-order valence-electron chi connectivity index (χ3n) is 6.16. The van der Waals surface area contributed by atoms with Crippen LogP contribution in [0.4, 0.5) is 10.1 Å². The molecule has 158 valence electrons. The third kappa shape index (κ3) is 4.32. The summed E-state index contributed by atoms with van der Waals surface area (Å²) >= 11 is 0. The fraction of sp³-hybridized carbons (Fsp3) is 0.417. The lowest BCUT2D eigenvalue weighted by Crippen LogP contribution is -2.39. The lowest BCUT2D eigenvalue weighted by atomic mass is 9.94. The predicted molar refractivity (Wildman–Crippen MR) is 113 cm³/mol. The van der Waals surface area contributed by atoms with Gasteiger partial charge in [-0.05, 0) is 42.7 Å². The zero-order valence-electron chi connectivity index (χ0n) is 17.2. The van der Waals surface area contributed by atoms with Gasteiger partial charge in [0.15, 0.2) is 0 Å². The van der Waals surface area contributed by atoms with Crippen LogP contribution in [0.15, 0.2) is 48.5 Å². The van der Waals surface area contributed by atoms with E-state index in [1.54, 1.807) is 12.0 Å². The molecule has 2 aromatic carbocycles. The molecule has 0 bridgehead atoms. The summed E-state index contributed by atoms with van der Waals surface area (Å²) in [4.78, 5) is 29.5. The first kappa shape index (κ1) is 20.4. The number of anilines is 1. The summed E-state index contributed by atoms with van der Waals surface area (Å²) in [7, 11) is 1.59. The first-order chi connectivity index (χ1) is 14.5. The van der Waals surface area contributed by atoms with Crippen LogP contribution in [0, 0.1) is 11.7 Å². The van der Waals surface area contributed by atoms with Crippen molar-refractivity contribution in [3.63, 3.8) is 0 Å². The van der Waals surface area contributed by atoms with Gasteiger partial charge in [0, 0.05) is 43.7 Å². The number of amides is 2. The van der Waals surface area contributed by atoms with Crippen LogP contribution >= 0.6 is 0 Å². The Kier molecular flexibility index (Phi) is 6.02. The Labute approximate surface area is 176 Å². The first-order valence-corrected chi connectivity index (χ1v) is 10.5. The van der Waals surface area contributed by atoms with Crippen molar-refractivity contribution in [1.82, 2.24) is 4.90 Å². The summed E-state index contributed by atoms with van der Waals surface area (Å²) in [5.41, 5.74) is 1.83. The van der Waals surface area contributed by atoms with Gasteiger partial charge < -0.3 is 14.5 Å². The summed E-state index contributed by atoms with van der Waals surface area (Å²) in [6, 6.07) is 14.0. The Morgan fingerprint density at radius 1 is 1.10 bits per heavy atom. The SMILES string of the molecule is COc1cccc(N2C[C@@H](C(=O)N3CCCC[C@H](c4ccc(F)cc4)C3)CC2=O)c1. The Bertz CT molecular complexity index is 915. The largest absolute Gasteiger partial charge is 0.497 e. The minimum atomic E-state index is -0.337. The van der Waals surface area contributed by atoms with Crippen molar-refractivity contribution in [2.45, 2.75) is 31.6 Å². The van der Waals surface area contributed by atoms with E-state index in [9.17, 15) is 14.0 Å². The molecule has 0 radical (unpaired) electrons.